The van der Waals surface area contributed by atoms with Gasteiger partial charge in [-0.2, -0.15) is 0 Å². The zero-order chi connectivity index (χ0) is 19.3. The molecule has 0 spiro atoms. The summed E-state index contributed by atoms with van der Waals surface area (Å²) < 4.78 is 0. The van der Waals surface area contributed by atoms with Gasteiger partial charge in [-0.3, -0.25) is 9.59 Å². The Morgan fingerprint density at radius 2 is 1.43 bits per heavy atom. The van der Waals surface area contributed by atoms with Crippen molar-refractivity contribution in [3.63, 3.8) is 0 Å². The molecule has 5 heteroatoms. The van der Waals surface area contributed by atoms with Crippen LogP contribution in [0.25, 0.3) is 0 Å². The maximum atomic E-state index is 12.6. The monoisotopic (exact) mass is 375 g/mol. The number of carbonyl (C=O) groups is 2. The van der Waals surface area contributed by atoms with Gasteiger partial charge in [-0.15, -0.1) is 0 Å². The number of carbonyl (C=O) groups excluding carboxylic acids is 2. The number of piperazine rings is 1. The fourth-order valence-electron chi connectivity index (χ4n) is 3.92. The Hall–Kier alpha value is -3.08. The number of rotatable bonds is 3. The molecule has 2 amide bonds. The fourth-order valence-corrected chi connectivity index (χ4v) is 3.92. The normalized spacial score (nSPS) is 16.9. The van der Waals surface area contributed by atoms with Crippen LogP contribution >= 0.6 is 0 Å². The van der Waals surface area contributed by atoms with Crippen LogP contribution in [0.5, 0.6) is 0 Å². The van der Waals surface area contributed by atoms with E-state index in [0.29, 0.717) is 19.6 Å². The minimum Gasteiger partial charge on any atom is -0.368 e. The van der Waals surface area contributed by atoms with E-state index in [1.54, 1.807) is 4.90 Å². The highest BCUT2D eigenvalue weighted by Gasteiger charge is 2.22. The zero-order valence-electron chi connectivity index (χ0n) is 16.0. The van der Waals surface area contributed by atoms with Crippen molar-refractivity contribution in [3.8, 4) is 0 Å². The molecule has 2 aromatic rings. The van der Waals surface area contributed by atoms with Crippen molar-refractivity contribution in [2.24, 2.45) is 0 Å². The summed E-state index contributed by atoms with van der Waals surface area (Å²) in [6, 6.07) is 18.2. The summed E-state index contributed by atoms with van der Waals surface area (Å²) >= 11 is 0. The number of hydrogen-bond donors (Lipinski definition) is 0. The van der Waals surface area contributed by atoms with Crippen molar-refractivity contribution in [1.82, 2.24) is 4.90 Å². The number of para-hydroxylation sites is 2. The number of anilines is 2. The Morgan fingerprint density at radius 3 is 2.21 bits per heavy atom. The van der Waals surface area contributed by atoms with Crippen LogP contribution in [-0.2, 0) is 16.0 Å². The summed E-state index contributed by atoms with van der Waals surface area (Å²) in [5.74, 6) is -0.213. The first-order chi connectivity index (χ1) is 13.7. The Balaban J connectivity index is 1.34. The molecule has 2 aliphatic rings. The van der Waals surface area contributed by atoms with Crippen molar-refractivity contribution in [2.75, 3.05) is 42.5 Å². The molecule has 0 aromatic heterocycles. The second-order valence-electron chi connectivity index (χ2n) is 7.20. The third-order valence-corrected chi connectivity index (χ3v) is 5.46. The molecule has 4 rings (SSSR count). The lowest BCUT2D eigenvalue weighted by Gasteiger charge is -2.35. The zero-order valence-corrected chi connectivity index (χ0v) is 16.0. The Morgan fingerprint density at radius 1 is 0.750 bits per heavy atom. The average molecular weight is 375 g/mol. The van der Waals surface area contributed by atoms with Gasteiger partial charge in [0.15, 0.2) is 0 Å². The first-order valence-electron chi connectivity index (χ1n) is 9.89. The molecule has 0 bridgehead atoms. The second-order valence-corrected chi connectivity index (χ2v) is 7.20. The first kappa shape index (κ1) is 18.3. The van der Waals surface area contributed by atoms with Gasteiger partial charge in [-0.1, -0.05) is 36.4 Å². The van der Waals surface area contributed by atoms with Gasteiger partial charge in [0.1, 0.15) is 0 Å². The summed E-state index contributed by atoms with van der Waals surface area (Å²) in [7, 11) is 0. The summed E-state index contributed by atoms with van der Waals surface area (Å²) in [4.78, 5) is 31.0. The van der Waals surface area contributed by atoms with Gasteiger partial charge in [0, 0.05) is 56.3 Å². The lowest BCUT2D eigenvalue weighted by molar-refractivity contribution is -0.126. The van der Waals surface area contributed by atoms with E-state index in [0.717, 1.165) is 31.6 Å². The highest BCUT2D eigenvalue weighted by molar-refractivity contribution is 6.05. The molecule has 144 valence electrons. The van der Waals surface area contributed by atoms with E-state index in [4.69, 9.17) is 0 Å². The van der Waals surface area contributed by atoms with Gasteiger partial charge in [0.25, 0.3) is 5.91 Å². The van der Waals surface area contributed by atoms with Crippen molar-refractivity contribution in [3.05, 3.63) is 72.3 Å². The van der Waals surface area contributed by atoms with Crippen LogP contribution in [-0.4, -0.2) is 49.4 Å². The second kappa shape index (κ2) is 8.30. The molecular weight excluding hydrogens is 350 g/mol. The lowest BCUT2D eigenvalue weighted by Crippen LogP contribution is -2.48. The number of fused-ring (bicyclic) bond motifs is 1. The van der Waals surface area contributed by atoms with Crippen LogP contribution in [0, 0.1) is 0 Å². The molecule has 0 radical (unpaired) electrons. The summed E-state index contributed by atoms with van der Waals surface area (Å²) in [6.45, 7) is 3.63. The third kappa shape index (κ3) is 3.93. The molecule has 0 N–H and O–H groups in total. The van der Waals surface area contributed by atoms with E-state index < -0.39 is 0 Å². The highest BCUT2D eigenvalue weighted by atomic mass is 16.2. The molecule has 2 aliphatic heterocycles. The number of amides is 2. The largest absolute Gasteiger partial charge is 0.368 e. The van der Waals surface area contributed by atoms with Crippen LogP contribution in [0.1, 0.15) is 12.0 Å². The standard InChI is InChI=1S/C23H25N3O2/c27-22(25-17-15-24(16-18-25)20-9-2-1-3-10-20)12-13-23(28)26-14-6-8-19-7-4-5-11-21(19)26/h1-5,7,9-13H,6,8,14-18H2. The molecule has 1 fully saturated rings. The molecular formula is C23H25N3O2. The van der Waals surface area contributed by atoms with Crippen molar-refractivity contribution >= 4 is 23.2 Å². The molecule has 0 saturated carbocycles. The van der Waals surface area contributed by atoms with E-state index in [-0.39, 0.29) is 11.8 Å². The Bertz CT molecular complexity index is 870. The smallest absolute Gasteiger partial charge is 0.251 e. The van der Waals surface area contributed by atoms with E-state index in [1.807, 2.05) is 41.3 Å². The maximum absolute atomic E-state index is 12.6. The molecule has 2 aromatic carbocycles. The van der Waals surface area contributed by atoms with Gasteiger partial charge in [-0.25, -0.2) is 0 Å². The van der Waals surface area contributed by atoms with Crippen LogP contribution in [0.3, 0.4) is 0 Å². The third-order valence-electron chi connectivity index (χ3n) is 5.46. The quantitative estimate of drug-likeness (QED) is 0.775. The summed E-state index contributed by atoms with van der Waals surface area (Å²) in [5, 5.41) is 0. The summed E-state index contributed by atoms with van der Waals surface area (Å²) in [5.41, 5.74) is 3.34. The predicted octanol–water partition coefficient (Wildman–Crippen LogP) is 2.87. The van der Waals surface area contributed by atoms with Gasteiger partial charge < -0.3 is 14.7 Å². The van der Waals surface area contributed by atoms with Crippen LogP contribution in [0.4, 0.5) is 11.4 Å². The number of benzene rings is 2. The molecule has 0 atom stereocenters. The van der Waals surface area contributed by atoms with Gasteiger partial charge in [0.2, 0.25) is 5.91 Å². The van der Waals surface area contributed by atoms with Crippen LogP contribution in [0.2, 0.25) is 0 Å². The molecule has 28 heavy (non-hydrogen) atoms. The topological polar surface area (TPSA) is 43.9 Å². The van der Waals surface area contributed by atoms with E-state index in [2.05, 4.69) is 23.1 Å². The molecule has 0 unspecified atom stereocenters. The molecule has 0 aliphatic carbocycles. The fraction of sp³-hybridized carbons (Fsp3) is 0.304. The molecule has 2 heterocycles. The average Bonchev–Trinajstić information content (AvgIpc) is 2.77. The van der Waals surface area contributed by atoms with E-state index in [1.165, 1.54) is 23.4 Å². The van der Waals surface area contributed by atoms with Gasteiger partial charge in [-0.05, 0) is 36.6 Å². The SMILES string of the molecule is O=C(C=CC(=O)N1CCCc2ccccc21)N1CCN(c2ccccc2)CC1. The van der Waals surface area contributed by atoms with Gasteiger partial charge >= 0.3 is 0 Å². The lowest BCUT2D eigenvalue weighted by atomic mass is 10.0. The minimum atomic E-state index is -0.122. The van der Waals surface area contributed by atoms with Crippen molar-refractivity contribution < 1.29 is 9.59 Å². The number of aryl methyl sites for hydroxylation is 1. The van der Waals surface area contributed by atoms with Crippen molar-refractivity contribution in [1.29, 1.82) is 0 Å². The number of hydrogen-bond acceptors (Lipinski definition) is 3. The van der Waals surface area contributed by atoms with Crippen LogP contribution in [0.15, 0.2) is 66.7 Å². The highest BCUT2D eigenvalue weighted by Crippen LogP contribution is 2.26. The van der Waals surface area contributed by atoms with E-state index >= 15 is 0 Å². The van der Waals surface area contributed by atoms with E-state index in [9.17, 15) is 9.59 Å². The van der Waals surface area contributed by atoms with Crippen LogP contribution < -0.4 is 9.80 Å². The predicted molar refractivity (Wildman–Crippen MR) is 111 cm³/mol. The first-order valence-corrected chi connectivity index (χ1v) is 9.89. The Kier molecular flexibility index (Phi) is 5.42. The molecule has 1 saturated heterocycles. The number of nitrogens with zero attached hydrogens (tertiary/aromatic N) is 3. The Labute approximate surface area is 165 Å². The summed E-state index contributed by atoms with van der Waals surface area (Å²) in [6.07, 6.45) is 4.80. The minimum absolute atomic E-state index is 0.0913. The molecule has 5 nitrogen and oxygen atoms in total. The maximum Gasteiger partial charge on any atom is 0.251 e. The van der Waals surface area contributed by atoms with Crippen molar-refractivity contribution in [2.45, 2.75) is 12.8 Å². The van der Waals surface area contributed by atoms with Gasteiger partial charge in [0.05, 0.1) is 0 Å².